The highest BCUT2D eigenvalue weighted by molar-refractivity contribution is 9.10. The quantitative estimate of drug-likeness (QED) is 0.218. The first-order chi connectivity index (χ1) is 18.4. The molecule has 0 aliphatic heterocycles. The number of aromatic nitrogens is 2. The summed E-state index contributed by atoms with van der Waals surface area (Å²) in [5, 5.41) is 0.485. The van der Waals surface area contributed by atoms with Crippen molar-refractivity contribution in [3.8, 4) is 5.69 Å². The van der Waals surface area contributed by atoms with Crippen LogP contribution in [0, 0.1) is 5.82 Å². The number of amides is 1. The molecule has 0 saturated carbocycles. The average Bonchev–Trinajstić information content (AvgIpc) is 2.94. The standard InChI is InChI=1S/C31H25BrFN3O2/c1-21(35(19-18-22-8-3-2-4-9-22)30(37)23-10-7-11-25(33)20-23)29-34-28-13-6-5-12-27(28)31(38)36(29)26-16-14-24(32)15-17-26/h2-17,20-21H,18-19H2,1H3. The molecule has 0 fully saturated rings. The molecular weight excluding hydrogens is 545 g/mol. The third-order valence-corrected chi connectivity index (χ3v) is 7.07. The number of rotatable bonds is 7. The van der Waals surface area contributed by atoms with E-state index in [0.29, 0.717) is 35.4 Å². The predicted molar refractivity (Wildman–Crippen MR) is 151 cm³/mol. The van der Waals surface area contributed by atoms with Crippen LogP contribution >= 0.6 is 15.9 Å². The minimum absolute atomic E-state index is 0.221. The summed E-state index contributed by atoms with van der Waals surface area (Å²) in [5.74, 6) is -0.395. The molecular formula is C31H25BrFN3O2. The maximum Gasteiger partial charge on any atom is 0.266 e. The number of carbonyl (C=O) groups excluding carboxylic acids is 1. The molecule has 1 unspecified atom stereocenters. The molecule has 5 rings (SSSR count). The van der Waals surface area contributed by atoms with Gasteiger partial charge in [-0.1, -0.05) is 64.5 Å². The minimum Gasteiger partial charge on any atom is -0.328 e. The molecule has 0 spiro atoms. The van der Waals surface area contributed by atoms with Crippen molar-refractivity contribution in [3.05, 3.63) is 141 Å². The maximum absolute atomic E-state index is 14.1. The van der Waals surface area contributed by atoms with Crippen molar-refractivity contribution in [3.63, 3.8) is 0 Å². The number of hydrogen-bond donors (Lipinski definition) is 0. The maximum atomic E-state index is 14.1. The molecule has 0 radical (unpaired) electrons. The molecule has 0 bridgehead atoms. The number of benzene rings is 4. The lowest BCUT2D eigenvalue weighted by molar-refractivity contribution is 0.0683. The zero-order chi connectivity index (χ0) is 26.6. The van der Waals surface area contributed by atoms with Crippen LogP contribution in [0.4, 0.5) is 4.39 Å². The van der Waals surface area contributed by atoms with E-state index in [2.05, 4.69) is 15.9 Å². The SMILES string of the molecule is CC(c1nc2ccccc2c(=O)n1-c1ccc(Br)cc1)N(CCc1ccccc1)C(=O)c1cccc(F)c1. The molecule has 0 aliphatic carbocycles. The summed E-state index contributed by atoms with van der Waals surface area (Å²) in [6.07, 6.45) is 0.586. The number of para-hydroxylation sites is 1. The number of hydrogen-bond acceptors (Lipinski definition) is 3. The monoisotopic (exact) mass is 569 g/mol. The summed E-state index contributed by atoms with van der Waals surface area (Å²) in [6, 6.07) is 29.5. The summed E-state index contributed by atoms with van der Waals surface area (Å²) in [7, 11) is 0. The van der Waals surface area contributed by atoms with Crippen LogP contribution in [0.3, 0.4) is 0 Å². The molecule has 7 heteroatoms. The fourth-order valence-corrected chi connectivity index (χ4v) is 4.83. The molecule has 5 nitrogen and oxygen atoms in total. The smallest absolute Gasteiger partial charge is 0.266 e. The van der Waals surface area contributed by atoms with Crippen molar-refractivity contribution in [2.24, 2.45) is 0 Å². The number of carbonyl (C=O) groups is 1. The summed E-state index contributed by atoms with van der Waals surface area (Å²) in [4.78, 5) is 34.1. The highest BCUT2D eigenvalue weighted by Gasteiger charge is 2.28. The third-order valence-electron chi connectivity index (χ3n) is 6.54. The van der Waals surface area contributed by atoms with Crippen molar-refractivity contribution in [1.82, 2.24) is 14.5 Å². The normalized spacial score (nSPS) is 11.9. The van der Waals surface area contributed by atoms with E-state index >= 15 is 0 Å². The van der Waals surface area contributed by atoms with Crippen molar-refractivity contribution < 1.29 is 9.18 Å². The van der Waals surface area contributed by atoms with Crippen LogP contribution in [0.15, 0.2) is 112 Å². The Balaban J connectivity index is 1.65. The van der Waals surface area contributed by atoms with E-state index in [9.17, 15) is 14.0 Å². The van der Waals surface area contributed by atoms with Gasteiger partial charge in [0.15, 0.2) is 0 Å². The Morgan fingerprint density at radius 3 is 2.39 bits per heavy atom. The third kappa shape index (κ3) is 5.29. The largest absolute Gasteiger partial charge is 0.328 e. The van der Waals surface area contributed by atoms with Gasteiger partial charge in [0.2, 0.25) is 0 Å². The van der Waals surface area contributed by atoms with Gasteiger partial charge in [-0.3, -0.25) is 14.2 Å². The van der Waals surface area contributed by atoms with Crippen LogP contribution in [0.2, 0.25) is 0 Å². The van der Waals surface area contributed by atoms with Crippen molar-refractivity contribution >= 4 is 32.7 Å². The Labute approximate surface area is 228 Å². The van der Waals surface area contributed by atoms with Gasteiger partial charge in [-0.25, -0.2) is 9.37 Å². The van der Waals surface area contributed by atoms with Crippen molar-refractivity contribution in [1.29, 1.82) is 0 Å². The van der Waals surface area contributed by atoms with Gasteiger partial charge in [0.1, 0.15) is 11.6 Å². The Kier molecular flexibility index (Phi) is 7.47. The summed E-state index contributed by atoms with van der Waals surface area (Å²) in [5.41, 5.74) is 2.27. The molecule has 5 aromatic rings. The summed E-state index contributed by atoms with van der Waals surface area (Å²) in [6.45, 7) is 2.21. The van der Waals surface area contributed by atoms with Gasteiger partial charge >= 0.3 is 0 Å². The second kappa shape index (κ2) is 11.1. The molecule has 190 valence electrons. The Morgan fingerprint density at radius 2 is 1.66 bits per heavy atom. The van der Waals surface area contributed by atoms with Gasteiger partial charge in [0, 0.05) is 16.6 Å². The second-order valence-electron chi connectivity index (χ2n) is 9.02. The van der Waals surface area contributed by atoms with Crippen LogP contribution < -0.4 is 5.56 Å². The molecule has 38 heavy (non-hydrogen) atoms. The number of nitrogens with zero attached hydrogens (tertiary/aromatic N) is 3. The van der Waals surface area contributed by atoms with Crippen LogP contribution in [0.5, 0.6) is 0 Å². The van der Waals surface area contributed by atoms with E-state index in [0.717, 1.165) is 10.0 Å². The van der Waals surface area contributed by atoms with E-state index in [1.807, 2.05) is 67.6 Å². The van der Waals surface area contributed by atoms with Crippen LogP contribution in [0.25, 0.3) is 16.6 Å². The number of fused-ring (bicyclic) bond motifs is 1. The molecule has 0 aliphatic rings. The van der Waals surface area contributed by atoms with E-state index in [-0.39, 0.29) is 17.0 Å². The molecule has 1 amide bonds. The molecule has 4 aromatic carbocycles. The number of halogens is 2. The van der Waals surface area contributed by atoms with Gasteiger partial charge in [0.25, 0.3) is 11.5 Å². The van der Waals surface area contributed by atoms with Gasteiger partial charge < -0.3 is 4.90 Å². The fraction of sp³-hybridized carbons (Fsp3) is 0.129. The minimum atomic E-state index is -0.601. The van der Waals surface area contributed by atoms with Gasteiger partial charge in [-0.2, -0.15) is 0 Å². The molecule has 0 N–H and O–H groups in total. The summed E-state index contributed by atoms with van der Waals surface area (Å²) >= 11 is 3.45. The summed E-state index contributed by atoms with van der Waals surface area (Å²) < 4.78 is 16.5. The second-order valence-corrected chi connectivity index (χ2v) is 9.94. The average molecular weight is 570 g/mol. The van der Waals surface area contributed by atoms with E-state index < -0.39 is 11.9 Å². The Bertz CT molecular complexity index is 1650. The predicted octanol–water partition coefficient (Wildman–Crippen LogP) is 6.73. The highest BCUT2D eigenvalue weighted by atomic mass is 79.9. The van der Waals surface area contributed by atoms with Crippen molar-refractivity contribution in [2.75, 3.05) is 6.54 Å². The van der Waals surface area contributed by atoms with Gasteiger partial charge in [-0.15, -0.1) is 0 Å². The topological polar surface area (TPSA) is 55.2 Å². The first-order valence-electron chi connectivity index (χ1n) is 12.3. The van der Waals surface area contributed by atoms with Crippen LogP contribution in [0.1, 0.15) is 34.7 Å². The van der Waals surface area contributed by atoms with E-state index in [1.54, 1.807) is 33.7 Å². The highest BCUT2D eigenvalue weighted by Crippen LogP contribution is 2.26. The van der Waals surface area contributed by atoms with E-state index in [4.69, 9.17) is 4.98 Å². The van der Waals surface area contributed by atoms with Crippen LogP contribution in [-0.2, 0) is 6.42 Å². The first kappa shape index (κ1) is 25.5. The van der Waals surface area contributed by atoms with Crippen molar-refractivity contribution in [2.45, 2.75) is 19.4 Å². The molecule has 1 aromatic heterocycles. The Morgan fingerprint density at radius 1 is 0.947 bits per heavy atom. The lowest BCUT2D eigenvalue weighted by atomic mass is 10.1. The van der Waals surface area contributed by atoms with Gasteiger partial charge in [0.05, 0.1) is 22.6 Å². The molecule has 1 heterocycles. The zero-order valence-electron chi connectivity index (χ0n) is 20.7. The molecule has 1 atom stereocenters. The molecule has 0 saturated heterocycles. The van der Waals surface area contributed by atoms with Crippen LogP contribution in [-0.4, -0.2) is 26.9 Å². The lowest BCUT2D eigenvalue weighted by Gasteiger charge is -2.31. The van der Waals surface area contributed by atoms with Gasteiger partial charge in [-0.05, 0) is 73.5 Å². The zero-order valence-corrected chi connectivity index (χ0v) is 22.3. The Hall–Kier alpha value is -4.10. The fourth-order valence-electron chi connectivity index (χ4n) is 4.56. The first-order valence-corrected chi connectivity index (χ1v) is 13.1. The van der Waals surface area contributed by atoms with E-state index in [1.165, 1.54) is 18.2 Å². The lowest BCUT2D eigenvalue weighted by Crippen LogP contribution is -2.38.